The van der Waals surface area contributed by atoms with Crippen molar-refractivity contribution in [3.63, 3.8) is 0 Å². The van der Waals surface area contributed by atoms with Crippen LogP contribution in [0.5, 0.6) is 0 Å². The third kappa shape index (κ3) is 2.69. The first-order valence-corrected chi connectivity index (χ1v) is 7.06. The molecule has 3 rings (SSSR count). The van der Waals surface area contributed by atoms with Gasteiger partial charge in [0.25, 0.3) is 5.91 Å². The van der Waals surface area contributed by atoms with Gasteiger partial charge in [-0.25, -0.2) is 4.98 Å². The number of aliphatic hydroxyl groups excluding tert-OH is 1. The Balaban J connectivity index is 1.58. The van der Waals surface area contributed by atoms with Gasteiger partial charge in [0.1, 0.15) is 5.69 Å². The van der Waals surface area contributed by atoms with Crippen molar-refractivity contribution in [1.29, 1.82) is 0 Å². The van der Waals surface area contributed by atoms with Crippen molar-refractivity contribution in [2.45, 2.75) is 18.9 Å². The standard InChI is InChI=1S/C13H14N2O3S/c16-9-4-8(5-9)6-14-12(17)10-7-19-13(15-10)11-2-1-3-18-11/h1-3,7-9,16H,4-6H2,(H,14,17). The molecule has 0 aliphatic heterocycles. The zero-order chi connectivity index (χ0) is 13.2. The number of aliphatic hydroxyl groups is 1. The summed E-state index contributed by atoms with van der Waals surface area (Å²) in [6.45, 7) is 0.601. The average Bonchev–Trinajstić information content (AvgIpc) is 3.01. The van der Waals surface area contributed by atoms with Crippen LogP contribution in [-0.4, -0.2) is 28.6 Å². The fraction of sp³-hybridized carbons (Fsp3) is 0.385. The second kappa shape index (κ2) is 5.14. The number of hydrogen-bond acceptors (Lipinski definition) is 5. The molecule has 100 valence electrons. The summed E-state index contributed by atoms with van der Waals surface area (Å²) in [4.78, 5) is 16.1. The molecule has 2 aromatic heterocycles. The highest BCUT2D eigenvalue weighted by molar-refractivity contribution is 7.13. The second-order valence-electron chi connectivity index (χ2n) is 4.72. The molecule has 0 bridgehead atoms. The summed E-state index contributed by atoms with van der Waals surface area (Å²) in [5, 5.41) is 14.4. The molecule has 1 amide bonds. The number of furan rings is 1. The molecule has 0 saturated heterocycles. The van der Waals surface area contributed by atoms with Gasteiger partial charge in [-0.1, -0.05) is 0 Å². The van der Waals surface area contributed by atoms with E-state index in [1.807, 2.05) is 6.07 Å². The van der Waals surface area contributed by atoms with Gasteiger partial charge in [-0.2, -0.15) is 0 Å². The lowest BCUT2D eigenvalue weighted by molar-refractivity contribution is 0.0420. The number of hydrogen-bond donors (Lipinski definition) is 2. The van der Waals surface area contributed by atoms with E-state index in [2.05, 4.69) is 10.3 Å². The van der Waals surface area contributed by atoms with E-state index in [4.69, 9.17) is 4.42 Å². The molecule has 0 unspecified atom stereocenters. The van der Waals surface area contributed by atoms with Crippen LogP contribution in [0.25, 0.3) is 10.8 Å². The van der Waals surface area contributed by atoms with Gasteiger partial charge >= 0.3 is 0 Å². The van der Waals surface area contributed by atoms with E-state index in [-0.39, 0.29) is 12.0 Å². The maximum Gasteiger partial charge on any atom is 0.270 e. The van der Waals surface area contributed by atoms with E-state index in [1.165, 1.54) is 11.3 Å². The van der Waals surface area contributed by atoms with Gasteiger partial charge in [-0.15, -0.1) is 11.3 Å². The molecule has 19 heavy (non-hydrogen) atoms. The van der Waals surface area contributed by atoms with E-state index in [1.54, 1.807) is 17.7 Å². The Kier molecular flexibility index (Phi) is 3.35. The topological polar surface area (TPSA) is 75.4 Å². The van der Waals surface area contributed by atoms with Gasteiger partial charge in [-0.3, -0.25) is 4.79 Å². The summed E-state index contributed by atoms with van der Waals surface area (Å²) in [5.41, 5.74) is 0.413. The zero-order valence-corrected chi connectivity index (χ0v) is 11.0. The first-order valence-electron chi connectivity index (χ1n) is 6.18. The highest BCUT2D eigenvalue weighted by Gasteiger charge is 2.27. The van der Waals surface area contributed by atoms with Gasteiger partial charge in [0, 0.05) is 11.9 Å². The quantitative estimate of drug-likeness (QED) is 0.895. The largest absolute Gasteiger partial charge is 0.462 e. The lowest BCUT2D eigenvalue weighted by Crippen LogP contribution is -2.38. The number of amides is 1. The van der Waals surface area contributed by atoms with E-state index in [0.717, 1.165) is 12.8 Å². The van der Waals surface area contributed by atoms with Crippen LogP contribution in [-0.2, 0) is 0 Å². The van der Waals surface area contributed by atoms with E-state index < -0.39 is 0 Å². The highest BCUT2D eigenvalue weighted by Crippen LogP contribution is 2.26. The SMILES string of the molecule is O=C(NCC1CC(O)C1)c1csc(-c2ccco2)n1. The predicted octanol–water partition coefficient (Wildman–Crippen LogP) is 1.90. The Labute approximate surface area is 114 Å². The number of nitrogens with one attached hydrogen (secondary N) is 1. The van der Waals surface area contributed by atoms with Crippen LogP contribution in [0.4, 0.5) is 0 Å². The maximum atomic E-state index is 11.9. The summed E-state index contributed by atoms with van der Waals surface area (Å²) >= 11 is 1.38. The van der Waals surface area contributed by atoms with Crippen LogP contribution in [0.15, 0.2) is 28.2 Å². The molecule has 2 heterocycles. The summed E-state index contributed by atoms with van der Waals surface area (Å²) in [6, 6.07) is 3.61. The smallest absolute Gasteiger partial charge is 0.270 e. The summed E-state index contributed by atoms with van der Waals surface area (Å²) in [6.07, 6.45) is 2.94. The minimum Gasteiger partial charge on any atom is -0.462 e. The summed E-state index contributed by atoms with van der Waals surface area (Å²) in [5.74, 6) is 0.892. The number of carbonyl (C=O) groups is 1. The van der Waals surface area contributed by atoms with Crippen LogP contribution in [0, 0.1) is 5.92 Å². The lowest BCUT2D eigenvalue weighted by atomic mass is 9.82. The molecule has 1 aliphatic carbocycles. The molecule has 2 aromatic rings. The molecule has 1 saturated carbocycles. The lowest BCUT2D eigenvalue weighted by Gasteiger charge is -2.31. The van der Waals surface area contributed by atoms with Gasteiger partial charge < -0.3 is 14.8 Å². The van der Waals surface area contributed by atoms with Crippen molar-refractivity contribution in [3.05, 3.63) is 29.5 Å². The van der Waals surface area contributed by atoms with Gasteiger partial charge in [-0.05, 0) is 30.9 Å². The average molecular weight is 278 g/mol. The predicted molar refractivity (Wildman–Crippen MR) is 70.9 cm³/mol. The number of carbonyl (C=O) groups excluding carboxylic acids is 1. The zero-order valence-electron chi connectivity index (χ0n) is 10.2. The van der Waals surface area contributed by atoms with E-state index in [9.17, 15) is 9.90 Å². The molecule has 1 fully saturated rings. The molecule has 1 aliphatic rings. The Morgan fingerprint density at radius 3 is 3.11 bits per heavy atom. The van der Waals surface area contributed by atoms with Crippen LogP contribution in [0.3, 0.4) is 0 Å². The maximum absolute atomic E-state index is 11.9. The molecule has 0 atom stereocenters. The molecule has 0 aromatic carbocycles. The van der Waals surface area contributed by atoms with Crippen molar-refractivity contribution < 1.29 is 14.3 Å². The summed E-state index contributed by atoms with van der Waals surface area (Å²) in [7, 11) is 0. The Morgan fingerprint density at radius 2 is 2.42 bits per heavy atom. The van der Waals surface area contributed by atoms with Gasteiger partial charge in [0.05, 0.1) is 12.4 Å². The van der Waals surface area contributed by atoms with Crippen LogP contribution in [0.2, 0.25) is 0 Å². The first kappa shape index (κ1) is 12.4. The van der Waals surface area contributed by atoms with Gasteiger partial charge in [0.2, 0.25) is 0 Å². The normalized spacial score (nSPS) is 21.9. The molecular formula is C13H14N2O3S. The minimum absolute atomic E-state index is 0.171. The van der Waals surface area contributed by atoms with E-state index >= 15 is 0 Å². The van der Waals surface area contributed by atoms with Crippen molar-refractivity contribution in [1.82, 2.24) is 10.3 Å². The van der Waals surface area contributed by atoms with E-state index in [0.29, 0.717) is 28.9 Å². The third-order valence-corrected chi connectivity index (χ3v) is 4.09. The Morgan fingerprint density at radius 1 is 1.58 bits per heavy atom. The molecule has 2 N–H and O–H groups in total. The highest BCUT2D eigenvalue weighted by atomic mass is 32.1. The Bertz CT molecular complexity index is 558. The number of thiazole rings is 1. The monoisotopic (exact) mass is 278 g/mol. The molecular weight excluding hydrogens is 264 g/mol. The fourth-order valence-electron chi connectivity index (χ4n) is 2.09. The van der Waals surface area contributed by atoms with Crippen LogP contribution >= 0.6 is 11.3 Å². The molecule has 5 nitrogen and oxygen atoms in total. The van der Waals surface area contributed by atoms with Crippen molar-refractivity contribution >= 4 is 17.2 Å². The van der Waals surface area contributed by atoms with Crippen molar-refractivity contribution in [2.75, 3.05) is 6.54 Å². The van der Waals surface area contributed by atoms with Gasteiger partial charge in [0.15, 0.2) is 10.8 Å². The third-order valence-electron chi connectivity index (χ3n) is 3.23. The summed E-state index contributed by atoms with van der Waals surface area (Å²) < 4.78 is 5.24. The molecule has 6 heteroatoms. The number of nitrogens with zero attached hydrogens (tertiary/aromatic N) is 1. The second-order valence-corrected chi connectivity index (χ2v) is 5.57. The van der Waals surface area contributed by atoms with Crippen LogP contribution in [0.1, 0.15) is 23.3 Å². The van der Waals surface area contributed by atoms with Crippen molar-refractivity contribution in [2.24, 2.45) is 5.92 Å². The fourth-order valence-corrected chi connectivity index (χ4v) is 2.85. The Hall–Kier alpha value is -1.66. The number of aromatic nitrogens is 1. The number of rotatable bonds is 4. The van der Waals surface area contributed by atoms with Crippen LogP contribution < -0.4 is 5.32 Å². The molecule has 0 spiro atoms. The first-order chi connectivity index (χ1) is 9.22. The van der Waals surface area contributed by atoms with Crippen molar-refractivity contribution in [3.8, 4) is 10.8 Å². The molecule has 0 radical (unpaired) electrons. The minimum atomic E-state index is -0.188.